The molecule has 0 bridgehead atoms. The molecule has 190 valence electrons. The van der Waals surface area contributed by atoms with Crippen LogP contribution in [0.15, 0.2) is 40.9 Å². The Hall–Kier alpha value is -2.83. The lowest BCUT2D eigenvalue weighted by atomic mass is 9.79. The molecule has 3 heterocycles. The van der Waals surface area contributed by atoms with Gasteiger partial charge >= 0.3 is 0 Å². The number of benzene rings is 1. The van der Waals surface area contributed by atoms with Crippen molar-refractivity contribution in [2.24, 2.45) is 16.6 Å². The summed E-state index contributed by atoms with van der Waals surface area (Å²) in [4.78, 5) is 33.3. The van der Waals surface area contributed by atoms with E-state index >= 15 is 0 Å². The van der Waals surface area contributed by atoms with E-state index in [0.29, 0.717) is 36.8 Å². The fourth-order valence-electron chi connectivity index (χ4n) is 5.46. The van der Waals surface area contributed by atoms with Gasteiger partial charge in [0.15, 0.2) is 17.3 Å². The number of piperidine rings is 1. The van der Waals surface area contributed by atoms with E-state index < -0.39 is 11.6 Å². The molecule has 1 atom stereocenters. The van der Waals surface area contributed by atoms with Crippen LogP contribution in [-0.4, -0.2) is 53.8 Å². The van der Waals surface area contributed by atoms with Crippen LogP contribution in [0.4, 0.5) is 0 Å². The first kappa shape index (κ1) is 25.3. The monoisotopic (exact) mass is 481 g/mol. The Morgan fingerprint density at radius 2 is 1.77 bits per heavy atom. The van der Waals surface area contributed by atoms with E-state index in [1.165, 1.54) is 0 Å². The first-order valence-electron chi connectivity index (χ1n) is 13.2. The summed E-state index contributed by atoms with van der Waals surface area (Å²) in [6.07, 6.45) is 8.88. The number of fused-ring (bicyclic) bond motifs is 1. The predicted octanol–water partition coefficient (Wildman–Crippen LogP) is 4.44. The van der Waals surface area contributed by atoms with Gasteiger partial charge in [0.2, 0.25) is 6.10 Å². The van der Waals surface area contributed by atoms with Crippen LogP contribution in [0, 0.1) is 5.92 Å². The maximum Gasteiger partial charge on any atom is 0.267 e. The second-order valence-corrected chi connectivity index (χ2v) is 10.1. The Bertz CT molecular complexity index is 970. The van der Waals surface area contributed by atoms with Crippen LogP contribution in [0.2, 0.25) is 0 Å². The zero-order valence-electron chi connectivity index (χ0n) is 21.1. The summed E-state index contributed by atoms with van der Waals surface area (Å²) in [7, 11) is 0. The van der Waals surface area contributed by atoms with Crippen molar-refractivity contribution in [3.63, 3.8) is 0 Å². The van der Waals surface area contributed by atoms with Gasteiger partial charge in [0.1, 0.15) is 18.0 Å². The fraction of sp³-hybridized carbons (Fsp3) is 0.607. The quantitative estimate of drug-likeness (QED) is 0.592. The number of carbonyl (C=O) groups excluding carboxylic acids is 2. The van der Waals surface area contributed by atoms with Gasteiger partial charge in [-0.2, -0.15) is 0 Å². The molecule has 7 nitrogen and oxygen atoms in total. The van der Waals surface area contributed by atoms with E-state index in [1.807, 2.05) is 35.2 Å². The molecule has 35 heavy (non-hydrogen) atoms. The van der Waals surface area contributed by atoms with E-state index in [0.717, 1.165) is 56.9 Å². The number of nitrogens with zero attached hydrogens (tertiary/aromatic N) is 2. The minimum atomic E-state index is -0.681. The molecule has 3 aliphatic heterocycles. The number of carbonyl (C=O) groups is 2. The number of para-hydroxylation sites is 2. The van der Waals surface area contributed by atoms with E-state index in [2.05, 4.69) is 13.8 Å². The number of ether oxygens (including phenoxy) is 2. The van der Waals surface area contributed by atoms with Gasteiger partial charge in [-0.1, -0.05) is 57.2 Å². The summed E-state index contributed by atoms with van der Waals surface area (Å²) in [5.41, 5.74) is 6.74. The van der Waals surface area contributed by atoms with Crippen LogP contribution in [0.3, 0.4) is 0 Å². The molecule has 0 radical (unpaired) electrons. The third-order valence-electron chi connectivity index (χ3n) is 7.56. The van der Waals surface area contributed by atoms with Crippen LogP contribution in [0.25, 0.3) is 0 Å². The number of Topliss-reactive ketones (excluding diaryl/α,β-unsaturated/α-hetero) is 1. The number of ketones is 1. The minimum absolute atomic E-state index is 0.0388. The van der Waals surface area contributed by atoms with Crippen LogP contribution in [0.1, 0.15) is 71.6 Å². The standard InChI is InChI=1S/C28H39N3O4/c1-3-5-13-28(14-6-4-2)25(32)17-21(18-26(29)30-28)20-11-15-31(16-12-20)27(33)24-19-34-22-9-7-8-10-23(22)35-24/h7-10,18,20,24H,3-6,11-17,19H2,1-2H3,(H2,29,30). The molecule has 0 aliphatic carbocycles. The van der Waals surface area contributed by atoms with Gasteiger partial charge in [0.05, 0.1) is 0 Å². The Morgan fingerprint density at radius 1 is 1.11 bits per heavy atom. The van der Waals surface area contributed by atoms with Crippen molar-refractivity contribution in [1.29, 1.82) is 0 Å². The van der Waals surface area contributed by atoms with Crippen molar-refractivity contribution >= 4 is 17.5 Å². The van der Waals surface area contributed by atoms with E-state index in [9.17, 15) is 9.59 Å². The molecular weight excluding hydrogens is 442 g/mol. The Labute approximate surface area is 208 Å². The Kier molecular flexibility index (Phi) is 8.14. The van der Waals surface area contributed by atoms with Crippen molar-refractivity contribution < 1.29 is 19.1 Å². The number of likely N-dealkylation sites (tertiary alicyclic amines) is 1. The van der Waals surface area contributed by atoms with Crippen molar-refractivity contribution in [2.45, 2.75) is 83.3 Å². The van der Waals surface area contributed by atoms with Crippen molar-refractivity contribution in [1.82, 2.24) is 4.90 Å². The maximum absolute atomic E-state index is 13.5. The van der Waals surface area contributed by atoms with Crippen LogP contribution in [-0.2, 0) is 9.59 Å². The first-order chi connectivity index (χ1) is 17.0. The summed E-state index contributed by atoms with van der Waals surface area (Å²) in [6, 6.07) is 7.43. The third kappa shape index (κ3) is 5.71. The molecule has 2 N–H and O–H groups in total. The number of amides is 1. The molecule has 1 aromatic rings. The van der Waals surface area contributed by atoms with Gasteiger partial charge in [0, 0.05) is 19.5 Å². The van der Waals surface area contributed by atoms with E-state index in [4.69, 9.17) is 20.2 Å². The average molecular weight is 482 g/mol. The number of rotatable bonds is 8. The summed E-state index contributed by atoms with van der Waals surface area (Å²) in [6.45, 7) is 5.77. The molecule has 1 aromatic carbocycles. The third-order valence-corrected chi connectivity index (χ3v) is 7.56. The molecule has 1 fully saturated rings. The zero-order chi connectivity index (χ0) is 24.8. The molecule has 0 aromatic heterocycles. The summed E-state index contributed by atoms with van der Waals surface area (Å²) >= 11 is 0. The molecule has 1 unspecified atom stereocenters. The highest BCUT2D eigenvalue weighted by Gasteiger charge is 2.40. The van der Waals surface area contributed by atoms with Crippen molar-refractivity contribution in [2.75, 3.05) is 19.7 Å². The number of amidine groups is 1. The molecule has 1 saturated heterocycles. The zero-order valence-corrected chi connectivity index (χ0v) is 21.1. The Balaban J connectivity index is 1.37. The number of hydrogen-bond acceptors (Lipinski definition) is 6. The lowest BCUT2D eigenvalue weighted by Gasteiger charge is -2.36. The number of hydrogen-bond donors (Lipinski definition) is 1. The van der Waals surface area contributed by atoms with E-state index in [-0.39, 0.29) is 24.2 Å². The fourth-order valence-corrected chi connectivity index (χ4v) is 5.46. The van der Waals surface area contributed by atoms with Crippen LogP contribution < -0.4 is 15.2 Å². The molecule has 4 rings (SSSR count). The second-order valence-electron chi connectivity index (χ2n) is 10.1. The normalized spacial score (nSPS) is 22.3. The largest absolute Gasteiger partial charge is 0.485 e. The second kappa shape index (κ2) is 11.3. The van der Waals surface area contributed by atoms with Gasteiger partial charge < -0.3 is 20.1 Å². The van der Waals surface area contributed by atoms with E-state index in [1.54, 1.807) is 0 Å². The number of aliphatic imine (C=N–C) groups is 1. The Morgan fingerprint density at radius 3 is 2.43 bits per heavy atom. The highest BCUT2D eigenvalue weighted by molar-refractivity contribution is 6.01. The van der Waals surface area contributed by atoms with Crippen LogP contribution in [0.5, 0.6) is 11.5 Å². The summed E-state index contributed by atoms with van der Waals surface area (Å²) < 4.78 is 11.6. The number of allylic oxidation sites excluding steroid dienone is 1. The topological polar surface area (TPSA) is 94.2 Å². The van der Waals surface area contributed by atoms with Gasteiger partial charge in [0.25, 0.3) is 5.91 Å². The number of unbranched alkanes of at least 4 members (excludes halogenated alkanes) is 2. The average Bonchev–Trinajstić information content (AvgIpc) is 3.01. The van der Waals surface area contributed by atoms with Gasteiger partial charge in [-0.15, -0.1) is 0 Å². The van der Waals surface area contributed by atoms with Crippen molar-refractivity contribution in [3.05, 3.63) is 35.9 Å². The molecule has 0 saturated carbocycles. The molecule has 1 amide bonds. The summed E-state index contributed by atoms with van der Waals surface area (Å²) in [5.74, 6) is 2.16. The molecule has 0 spiro atoms. The smallest absolute Gasteiger partial charge is 0.267 e. The lowest BCUT2D eigenvalue weighted by Crippen LogP contribution is -2.49. The summed E-state index contributed by atoms with van der Waals surface area (Å²) in [5, 5.41) is 0. The van der Waals surface area contributed by atoms with Gasteiger partial charge in [-0.25, -0.2) is 0 Å². The molecular formula is C28H39N3O4. The highest BCUT2D eigenvalue weighted by Crippen LogP contribution is 2.36. The molecule has 3 aliphatic rings. The highest BCUT2D eigenvalue weighted by atomic mass is 16.6. The van der Waals surface area contributed by atoms with Crippen LogP contribution >= 0.6 is 0 Å². The lowest BCUT2D eigenvalue weighted by molar-refractivity contribution is -0.142. The minimum Gasteiger partial charge on any atom is -0.485 e. The van der Waals surface area contributed by atoms with Crippen molar-refractivity contribution in [3.8, 4) is 11.5 Å². The SMILES string of the molecule is CCCCC1(CCCC)N=C(N)C=C(C2CCN(C(=O)C3COc4ccccc4O3)CC2)CC1=O. The predicted molar refractivity (Wildman–Crippen MR) is 137 cm³/mol. The number of nitrogens with two attached hydrogens (primary N) is 1. The first-order valence-corrected chi connectivity index (χ1v) is 13.2. The maximum atomic E-state index is 13.5. The molecule has 7 heteroatoms. The van der Waals surface area contributed by atoms with Gasteiger partial charge in [-0.05, 0) is 49.8 Å². The van der Waals surface area contributed by atoms with Gasteiger partial charge in [-0.3, -0.25) is 14.6 Å².